The lowest BCUT2D eigenvalue weighted by molar-refractivity contribution is 0.0952. The third kappa shape index (κ3) is 5.29. The van der Waals surface area contributed by atoms with Crippen molar-refractivity contribution < 1.29 is 4.79 Å². The van der Waals surface area contributed by atoms with Gasteiger partial charge in [-0.15, -0.1) is 11.3 Å². The van der Waals surface area contributed by atoms with Gasteiger partial charge in [0.25, 0.3) is 5.91 Å². The number of hydrogen-bond donors (Lipinski definition) is 1. The van der Waals surface area contributed by atoms with E-state index in [-0.39, 0.29) is 5.91 Å². The van der Waals surface area contributed by atoms with E-state index in [1.807, 2.05) is 41.9 Å². The number of nitrogens with one attached hydrogen (secondary N) is 1. The maximum absolute atomic E-state index is 12.7. The molecular weight excluding hydrogens is 430 g/mol. The largest absolute Gasteiger partial charge is 0.351 e. The molecule has 8 heteroatoms. The Morgan fingerprint density at radius 2 is 1.94 bits per heavy atom. The lowest BCUT2D eigenvalue weighted by Crippen LogP contribution is -2.46. The van der Waals surface area contributed by atoms with Crippen LogP contribution in [0.25, 0.3) is 10.2 Å². The molecule has 0 unspecified atom stereocenters. The molecule has 0 atom stereocenters. The van der Waals surface area contributed by atoms with Crippen LogP contribution < -0.4 is 5.32 Å². The van der Waals surface area contributed by atoms with Gasteiger partial charge in [-0.05, 0) is 44.1 Å². The van der Waals surface area contributed by atoms with E-state index < -0.39 is 0 Å². The number of rotatable bonds is 8. The number of nitrogens with zero attached hydrogens (tertiary/aromatic N) is 4. The summed E-state index contributed by atoms with van der Waals surface area (Å²) in [6.07, 6.45) is 0.974. The molecule has 4 rings (SSSR count). The molecule has 0 saturated carbocycles. The normalized spacial score (nSPS) is 15.6. The number of piperazine rings is 1. The van der Waals surface area contributed by atoms with Crippen LogP contribution in [-0.4, -0.2) is 71.3 Å². The Balaban J connectivity index is 1.33. The predicted molar refractivity (Wildman–Crippen MR) is 128 cm³/mol. The highest BCUT2D eigenvalue weighted by Gasteiger charge is 2.18. The van der Waals surface area contributed by atoms with E-state index in [0.717, 1.165) is 77.1 Å². The Labute approximate surface area is 192 Å². The van der Waals surface area contributed by atoms with E-state index in [0.29, 0.717) is 13.1 Å². The molecule has 1 N–H and O–H groups in total. The second kappa shape index (κ2) is 10.1. The highest BCUT2D eigenvalue weighted by Crippen LogP contribution is 2.29. The summed E-state index contributed by atoms with van der Waals surface area (Å²) in [5.74, 6) is 0.000644. The summed E-state index contributed by atoms with van der Waals surface area (Å²) in [7, 11) is 0. The van der Waals surface area contributed by atoms with E-state index in [9.17, 15) is 4.79 Å². The molecule has 2 aromatic heterocycles. The van der Waals surface area contributed by atoms with Crippen molar-refractivity contribution in [2.45, 2.75) is 26.8 Å². The maximum Gasteiger partial charge on any atom is 0.261 e. The van der Waals surface area contributed by atoms with Gasteiger partial charge >= 0.3 is 0 Å². The Bertz CT molecular complexity index is 1040. The van der Waals surface area contributed by atoms with Crippen molar-refractivity contribution in [3.8, 4) is 0 Å². The summed E-state index contributed by atoms with van der Waals surface area (Å²) < 4.78 is 1.95. The molecule has 0 spiro atoms. The fourth-order valence-electron chi connectivity index (χ4n) is 4.04. The quantitative estimate of drug-likeness (QED) is 0.519. The van der Waals surface area contributed by atoms with Crippen LogP contribution in [0.4, 0.5) is 0 Å². The molecule has 3 aromatic rings. The third-order valence-corrected chi connectivity index (χ3v) is 7.47. The Kier molecular flexibility index (Phi) is 7.27. The minimum atomic E-state index is 0.000644. The first-order valence-corrected chi connectivity index (χ1v) is 12.2. The zero-order valence-corrected chi connectivity index (χ0v) is 19.8. The Morgan fingerprint density at radius 1 is 1.19 bits per heavy atom. The van der Waals surface area contributed by atoms with Crippen LogP contribution in [0.5, 0.6) is 0 Å². The number of aryl methyl sites for hydroxylation is 1. The van der Waals surface area contributed by atoms with Crippen molar-refractivity contribution in [2.75, 3.05) is 45.8 Å². The maximum atomic E-state index is 12.7. The number of likely N-dealkylation sites (N-methyl/N-ethyl adjacent to an activating group) is 1. The van der Waals surface area contributed by atoms with Crippen LogP contribution in [0.15, 0.2) is 30.3 Å². The molecule has 0 bridgehead atoms. The Morgan fingerprint density at radius 3 is 2.68 bits per heavy atom. The molecule has 1 aliphatic rings. The van der Waals surface area contributed by atoms with E-state index in [2.05, 4.69) is 27.1 Å². The number of carbonyl (C=O) groups is 1. The zero-order valence-electron chi connectivity index (χ0n) is 18.2. The zero-order chi connectivity index (χ0) is 21.8. The smallest absolute Gasteiger partial charge is 0.261 e. The highest BCUT2D eigenvalue weighted by atomic mass is 35.5. The van der Waals surface area contributed by atoms with Crippen LogP contribution in [-0.2, 0) is 6.54 Å². The van der Waals surface area contributed by atoms with Crippen molar-refractivity contribution in [3.05, 3.63) is 51.5 Å². The topological polar surface area (TPSA) is 53.4 Å². The van der Waals surface area contributed by atoms with E-state index in [4.69, 9.17) is 11.6 Å². The molecule has 3 heterocycles. The number of benzene rings is 1. The van der Waals surface area contributed by atoms with Gasteiger partial charge in [0.15, 0.2) is 0 Å². The lowest BCUT2D eigenvalue weighted by atomic mass is 10.2. The minimum Gasteiger partial charge on any atom is -0.351 e. The minimum absolute atomic E-state index is 0.000644. The second-order valence-corrected chi connectivity index (χ2v) is 9.49. The summed E-state index contributed by atoms with van der Waals surface area (Å²) in [5.41, 5.74) is 1.95. The average Bonchev–Trinajstić information content (AvgIpc) is 3.34. The van der Waals surface area contributed by atoms with Crippen LogP contribution >= 0.6 is 22.9 Å². The lowest BCUT2D eigenvalue weighted by Gasteiger charge is -2.33. The van der Waals surface area contributed by atoms with Gasteiger partial charge in [-0.2, -0.15) is 5.10 Å². The first kappa shape index (κ1) is 22.3. The predicted octanol–water partition coefficient (Wildman–Crippen LogP) is 3.87. The first-order valence-electron chi connectivity index (χ1n) is 11.0. The van der Waals surface area contributed by atoms with Gasteiger partial charge in [-0.1, -0.05) is 36.7 Å². The summed E-state index contributed by atoms with van der Waals surface area (Å²) >= 11 is 7.82. The van der Waals surface area contributed by atoms with Gasteiger partial charge < -0.3 is 15.1 Å². The Hall–Kier alpha value is -1.93. The molecule has 1 saturated heterocycles. The van der Waals surface area contributed by atoms with Gasteiger partial charge in [0, 0.05) is 43.1 Å². The number of thiophene rings is 1. The fraction of sp³-hybridized carbons (Fsp3) is 0.478. The fourth-order valence-corrected chi connectivity index (χ4v) is 5.31. The number of amides is 1. The summed E-state index contributed by atoms with van der Waals surface area (Å²) in [6, 6.07) is 9.76. The van der Waals surface area contributed by atoms with Gasteiger partial charge in [0.1, 0.15) is 4.83 Å². The van der Waals surface area contributed by atoms with Gasteiger partial charge in [0.2, 0.25) is 0 Å². The SMILES string of the molecule is CCN1CCN(CCCNC(=O)c2cc3c(C)nn(Cc4ccccc4Cl)c3s2)CC1. The summed E-state index contributed by atoms with van der Waals surface area (Å²) in [5, 5.41) is 9.51. The van der Waals surface area contributed by atoms with Crippen LogP contribution in [0.3, 0.4) is 0 Å². The molecule has 0 radical (unpaired) electrons. The van der Waals surface area contributed by atoms with Gasteiger partial charge in [-0.25, -0.2) is 0 Å². The number of hydrogen-bond acceptors (Lipinski definition) is 5. The van der Waals surface area contributed by atoms with Crippen molar-refractivity contribution >= 4 is 39.1 Å². The second-order valence-electron chi connectivity index (χ2n) is 8.05. The van der Waals surface area contributed by atoms with Crippen LogP contribution in [0.2, 0.25) is 5.02 Å². The molecule has 6 nitrogen and oxygen atoms in total. The van der Waals surface area contributed by atoms with Gasteiger partial charge in [0.05, 0.1) is 17.1 Å². The van der Waals surface area contributed by atoms with Crippen LogP contribution in [0.1, 0.15) is 34.3 Å². The molecular formula is C23H30ClN5OS. The van der Waals surface area contributed by atoms with E-state index >= 15 is 0 Å². The molecule has 1 amide bonds. The number of aromatic nitrogens is 2. The van der Waals surface area contributed by atoms with Crippen molar-refractivity contribution in [2.24, 2.45) is 0 Å². The van der Waals surface area contributed by atoms with E-state index in [1.54, 1.807) is 0 Å². The van der Waals surface area contributed by atoms with Crippen molar-refractivity contribution in [1.82, 2.24) is 24.9 Å². The average molecular weight is 460 g/mol. The molecule has 166 valence electrons. The van der Waals surface area contributed by atoms with Crippen molar-refractivity contribution in [1.29, 1.82) is 0 Å². The monoisotopic (exact) mass is 459 g/mol. The van der Waals surface area contributed by atoms with E-state index in [1.165, 1.54) is 11.3 Å². The number of carbonyl (C=O) groups excluding carboxylic acids is 1. The first-order chi connectivity index (χ1) is 15.0. The highest BCUT2D eigenvalue weighted by molar-refractivity contribution is 7.20. The summed E-state index contributed by atoms with van der Waals surface area (Å²) in [6.45, 7) is 12.2. The van der Waals surface area contributed by atoms with Gasteiger partial charge in [-0.3, -0.25) is 9.48 Å². The standard InChI is InChI=1S/C23H30ClN5OS/c1-3-27-11-13-28(14-12-27)10-6-9-25-22(30)21-15-19-17(2)26-29(23(19)31-21)16-18-7-4-5-8-20(18)24/h4-5,7-8,15H,3,6,9-14,16H2,1-2H3,(H,25,30). The third-order valence-electron chi connectivity index (χ3n) is 5.96. The molecule has 1 fully saturated rings. The summed E-state index contributed by atoms with van der Waals surface area (Å²) in [4.78, 5) is 19.4. The van der Waals surface area contributed by atoms with Crippen molar-refractivity contribution in [3.63, 3.8) is 0 Å². The molecule has 1 aromatic carbocycles. The number of halogens is 1. The molecule has 1 aliphatic heterocycles. The number of fused-ring (bicyclic) bond motifs is 1. The van der Waals surface area contributed by atoms with Crippen LogP contribution in [0, 0.1) is 6.92 Å². The molecule has 0 aliphatic carbocycles. The molecule has 31 heavy (non-hydrogen) atoms.